The number of rotatable bonds is 9. The van der Waals surface area contributed by atoms with E-state index in [2.05, 4.69) is 4.72 Å². The summed E-state index contributed by atoms with van der Waals surface area (Å²) in [7, 11) is -4.20. The molecule has 2 aromatic rings. The minimum absolute atomic E-state index is 0.178. The third kappa shape index (κ3) is 6.60. The van der Waals surface area contributed by atoms with Crippen LogP contribution in [0.4, 0.5) is 18.9 Å². The zero-order valence-corrected chi connectivity index (χ0v) is 18.7. The van der Waals surface area contributed by atoms with E-state index < -0.39 is 51.3 Å². The van der Waals surface area contributed by atoms with Gasteiger partial charge in [-0.05, 0) is 63.2 Å². The number of sulfonamides is 1. The van der Waals surface area contributed by atoms with Gasteiger partial charge in [-0.15, -0.1) is 0 Å². The Labute approximate surface area is 188 Å². The maximum absolute atomic E-state index is 13.1. The van der Waals surface area contributed by atoms with Gasteiger partial charge in [-0.3, -0.25) is 14.3 Å². The standard InChI is InChI=1S/C21H22F3NO7S/c1-4-31-14-6-8-15(9-7-14)33(29,30)25-13-5-10-17(26)16(11-13)18(19(27)21(22,23)24)20(28)32-12(2)3/h5-12,18,25-26H,4H2,1-3H3/t18-/m1/s1. The van der Waals surface area contributed by atoms with Gasteiger partial charge in [0.05, 0.1) is 17.6 Å². The summed E-state index contributed by atoms with van der Waals surface area (Å²) in [6, 6.07) is 8.05. The van der Waals surface area contributed by atoms with Crippen molar-refractivity contribution in [1.82, 2.24) is 0 Å². The number of carbonyl (C=O) groups excluding carboxylic acids is 2. The van der Waals surface area contributed by atoms with Crippen molar-refractivity contribution in [1.29, 1.82) is 0 Å². The Morgan fingerprint density at radius 2 is 1.70 bits per heavy atom. The van der Waals surface area contributed by atoms with Crippen LogP contribution in [-0.2, 0) is 24.3 Å². The van der Waals surface area contributed by atoms with E-state index in [1.807, 2.05) is 0 Å². The number of ketones is 1. The first kappa shape index (κ1) is 26.0. The molecule has 12 heteroatoms. The molecule has 0 heterocycles. The number of alkyl halides is 3. The Morgan fingerprint density at radius 1 is 1.09 bits per heavy atom. The minimum Gasteiger partial charge on any atom is -0.508 e. The first-order chi connectivity index (χ1) is 15.3. The smallest absolute Gasteiger partial charge is 0.451 e. The molecule has 0 unspecified atom stereocenters. The number of aromatic hydroxyl groups is 1. The van der Waals surface area contributed by atoms with Crippen molar-refractivity contribution in [2.24, 2.45) is 0 Å². The van der Waals surface area contributed by atoms with Gasteiger partial charge in [-0.2, -0.15) is 13.2 Å². The second-order valence-electron chi connectivity index (χ2n) is 7.06. The number of benzene rings is 2. The average Bonchev–Trinajstić information content (AvgIpc) is 2.69. The van der Waals surface area contributed by atoms with Crippen molar-refractivity contribution in [3.63, 3.8) is 0 Å². The lowest BCUT2D eigenvalue weighted by Crippen LogP contribution is -2.35. The molecule has 2 aromatic carbocycles. The molecule has 2 rings (SSSR count). The molecule has 0 aliphatic carbocycles. The second kappa shape index (κ2) is 10.1. The predicted molar refractivity (Wildman–Crippen MR) is 112 cm³/mol. The van der Waals surface area contributed by atoms with Crippen LogP contribution in [0, 0.1) is 0 Å². The molecule has 0 aromatic heterocycles. The number of hydrogen-bond acceptors (Lipinski definition) is 7. The molecule has 0 spiro atoms. The predicted octanol–water partition coefficient (Wildman–Crippen LogP) is 3.76. The van der Waals surface area contributed by atoms with E-state index in [0.717, 1.165) is 18.2 Å². The van der Waals surface area contributed by atoms with E-state index in [4.69, 9.17) is 9.47 Å². The number of ether oxygens (including phenoxy) is 2. The highest BCUT2D eigenvalue weighted by Gasteiger charge is 2.48. The maximum atomic E-state index is 13.1. The molecule has 8 nitrogen and oxygen atoms in total. The van der Waals surface area contributed by atoms with Crippen molar-refractivity contribution in [2.45, 2.75) is 43.9 Å². The van der Waals surface area contributed by atoms with Crippen molar-refractivity contribution < 1.29 is 45.8 Å². The molecular formula is C21H22F3NO7S. The fraction of sp³-hybridized carbons (Fsp3) is 0.333. The van der Waals surface area contributed by atoms with Crippen LogP contribution in [-0.4, -0.2) is 44.2 Å². The summed E-state index contributed by atoms with van der Waals surface area (Å²) < 4.78 is 76.9. The summed E-state index contributed by atoms with van der Waals surface area (Å²) in [5.41, 5.74) is -1.04. The molecule has 0 aliphatic heterocycles. The van der Waals surface area contributed by atoms with Crippen LogP contribution < -0.4 is 9.46 Å². The van der Waals surface area contributed by atoms with Crippen LogP contribution in [0.1, 0.15) is 32.3 Å². The number of nitrogens with one attached hydrogen (secondary N) is 1. The van der Waals surface area contributed by atoms with Gasteiger partial charge >= 0.3 is 12.1 Å². The maximum Gasteiger partial charge on any atom is 0.451 e. The molecule has 33 heavy (non-hydrogen) atoms. The van der Waals surface area contributed by atoms with Gasteiger partial charge in [0.15, 0.2) is 5.92 Å². The fourth-order valence-electron chi connectivity index (χ4n) is 2.78. The summed E-state index contributed by atoms with van der Waals surface area (Å²) in [6.45, 7) is 4.86. The van der Waals surface area contributed by atoms with Crippen molar-refractivity contribution in [3.05, 3.63) is 48.0 Å². The topological polar surface area (TPSA) is 119 Å². The number of Topliss-reactive ketones (excluding diaryl/α,β-unsaturated/α-hetero) is 1. The van der Waals surface area contributed by atoms with E-state index in [1.54, 1.807) is 6.92 Å². The first-order valence-electron chi connectivity index (χ1n) is 9.66. The summed E-state index contributed by atoms with van der Waals surface area (Å²) in [5, 5.41) is 10.1. The average molecular weight is 489 g/mol. The number of phenolic OH excluding ortho intramolecular Hbond substituents is 1. The Morgan fingerprint density at radius 3 is 2.21 bits per heavy atom. The van der Waals surface area contributed by atoms with Crippen LogP contribution in [0.15, 0.2) is 47.4 Å². The molecule has 0 bridgehead atoms. The van der Waals surface area contributed by atoms with E-state index in [9.17, 15) is 36.3 Å². The van der Waals surface area contributed by atoms with E-state index in [-0.39, 0.29) is 10.6 Å². The van der Waals surface area contributed by atoms with Gasteiger partial charge in [-0.25, -0.2) is 8.42 Å². The lowest BCUT2D eigenvalue weighted by atomic mass is 9.93. The van der Waals surface area contributed by atoms with Crippen molar-refractivity contribution in [2.75, 3.05) is 11.3 Å². The molecule has 2 N–H and O–H groups in total. The minimum atomic E-state index is -5.41. The van der Waals surface area contributed by atoms with E-state index in [1.165, 1.54) is 38.1 Å². The zero-order valence-electron chi connectivity index (χ0n) is 17.8. The van der Waals surface area contributed by atoms with Gasteiger partial charge < -0.3 is 14.6 Å². The molecule has 0 aliphatic rings. The Bertz CT molecular complexity index is 1110. The number of phenols is 1. The molecule has 180 valence electrons. The number of hydrogen-bond donors (Lipinski definition) is 2. The highest BCUT2D eigenvalue weighted by molar-refractivity contribution is 7.92. The Balaban J connectivity index is 2.45. The SMILES string of the molecule is CCOc1ccc(S(=O)(=O)Nc2ccc(O)c([C@@H](C(=O)OC(C)C)C(=O)C(F)(F)F)c2)cc1. The van der Waals surface area contributed by atoms with Crippen LogP contribution in [0.3, 0.4) is 0 Å². The first-order valence-corrected chi connectivity index (χ1v) is 11.1. The molecule has 0 saturated carbocycles. The second-order valence-corrected chi connectivity index (χ2v) is 8.75. The zero-order chi connectivity index (χ0) is 25.0. The van der Waals surface area contributed by atoms with Gasteiger partial charge in [0, 0.05) is 11.3 Å². The molecular weight excluding hydrogens is 467 g/mol. The normalized spacial score (nSPS) is 12.8. The monoisotopic (exact) mass is 489 g/mol. The van der Waals surface area contributed by atoms with Gasteiger partial charge in [0.2, 0.25) is 0 Å². The number of halogens is 3. The lowest BCUT2D eigenvalue weighted by Gasteiger charge is -2.20. The summed E-state index contributed by atoms with van der Waals surface area (Å²) >= 11 is 0. The molecule has 0 fully saturated rings. The summed E-state index contributed by atoms with van der Waals surface area (Å²) in [4.78, 5) is 24.1. The summed E-state index contributed by atoms with van der Waals surface area (Å²) in [6.07, 6.45) is -6.25. The van der Waals surface area contributed by atoms with Crippen molar-refractivity contribution >= 4 is 27.5 Å². The van der Waals surface area contributed by atoms with Crippen LogP contribution >= 0.6 is 0 Å². The summed E-state index contributed by atoms with van der Waals surface area (Å²) in [5.74, 6) is -6.92. The van der Waals surface area contributed by atoms with Gasteiger partial charge in [0.1, 0.15) is 11.5 Å². The highest BCUT2D eigenvalue weighted by atomic mass is 32.2. The van der Waals surface area contributed by atoms with Gasteiger partial charge in [0.25, 0.3) is 15.8 Å². The molecule has 0 saturated heterocycles. The third-order valence-corrected chi connectivity index (χ3v) is 5.56. The number of carbonyl (C=O) groups is 2. The third-order valence-electron chi connectivity index (χ3n) is 4.16. The quantitative estimate of drug-likeness (QED) is 0.313. The lowest BCUT2D eigenvalue weighted by molar-refractivity contribution is -0.178. The molecule has 0 radical (unpaired) electrons. The fourth-order valence-corrected chi connectivity index (χ4v) is 3.83. The Kier molecular flexibility index (Phi) is 7.96. The van der Waals surface area contributed by atoms with E-state index in [0.29, 0.717) is 12.4 Å². The van der Waals surface area contributed by atoms with Crippen LogP contribution in [0.25, 0.3) is 0 Å². The number of esters is 1. The van der Waals surface area contributed by atoms with Crippen molar-refractivity contribution in [3.8, 4) is 11.5 Å². The molecule has 0 amide bonds. The van der Waals surface area contributed by atoms with E-state index >= 15 is 0 Å². The van der Waals surface area contributed by atoms with Crippen LogP contribution in [0.5, 0.6) is 11.5 Å². The van der Waals surface area contributed by atoms with Crippen LogP contribution in [0.2, 0.25) is 0 Å². The molecule has 1 atom stereocenters. The Hall–Kier alpha value is -3.28. The largest absolute Gasteiger partial charge is 0.508 e. The van der Waals surface area contributed by atoms with Gasteiger partial charge in [-0.1, -0.05) is 0 Å². The number of anilines is 1. The highest BCUT2D eigenvalue weighted by Crippen LogP contribution is 2.36.